The second kappa shape index (κ2) is 10.1. The Balaban J connectivity index is 1.55. The molecule has 0 saturated heterocycles. The molecule has 0 aromatic heterocycles. The summed E-state index contributed by atoms with van der Waals surface area (Å²) < 4.78 is 31.4. The van der Waals surface area contributed by atoms with Crippen LogP contribution in [-0.4, -0.2) is 33.7 Å². The van der Waals surface area contributed by atoms with Gasteiger partial charge in [-0.15, -0.1) is 0 Å². The third-order valence-corrected chi connectivity index (χ3v) is 5.77. The number of amides is 1. The van der Waals surface area contributed by atoms with Crippen molar-refractivity contribution in [3.05, 3.63) is 95.6 Å². The van der Waals surface area contributed by atoms with E-state index in [-0.39, 0.29) is 12.5 Å². The standard InChI is InChI=1S/C24H26N2O4S/c1-19-7-6-10-23(17-19)30-16-15-25-24(27)21-13-11-20(12-14-21)18-26(31(2,28)29)22-8-4-3-5-9-22/h3-14,17H,15-16,18H2,1-2H3,(H,25,27). The predicted molar refractivity (Wildman–Crippen MR) is 123 cm³/mol. The van der Waals surface area contributed by atoms with Crippen LogP contribution in [0.1, 0.15) is 21.5 Å². The molecular weight excluding hydrogens is 412 g/mol. The van der Waals surface area contributed by atoms with Gasteiger partial charge in [0.2, 0.25) is 10.0 Å². The van der Waals surface area contributed by atoms with Crippen molar-refractivity contribution in [2.24, 2.45) is 0 Å². The lowest BCUT2D eigenvalue weighted by Crippen LogP contribution is -2.29. The first-order chi connectivity index (χ1) is 14.8. The Morgan fingerprint density at radius 3 is 2.32 bits per heavy atom. The number of nitrogens with zero attached hydrogens (tertiary/aromatic N) is 1. The lowest BCUT2D eigenvalue weighted by Gasteiger charge is -2.22. The lowest BCUT2D eigenvalue weighted by molar-refractivity contribution is 0.0947. The fourth-order valence-electron chi connectivity index (χ4n) is 3.06. The summed E-state index contributed by atoms with van der Waals surface area (Å²) in [6.07, 6.45) is 1.18. The second-order valence-electron chi connectivity index (χ2n) is 7.22. The van der Waals surface area contributed by atoms with Gasteiger partial charge in [0.1, 0.15) is 12.4 Å². The van der Waals surface area contributed by atoms with Gasteiger partial charge in [-0.05, 0) is 54.4 Å². The van der Waals surface area contributed by atoms with Gasteiger partial charge in [0, 0.05) is 5.56 Å². The minimum absolute atomic E-state index is 0.190. The van der Waals surface area contributed by atoms with E-state index in [4.69, 9.17) is 4.74 Å². The van der Waals surface area contributed by atoms with Crippen molar-refractivity contribution >= 4 is 21.6 Å². The first-order valence-corrected chi connectivity index (χ1v) is 11.8. The highest BCUT2D eigenvalue weighted by atomic mass is 32.2. The SMILES string of the molecule is Cc1cccc(OCCNC(=O)c2ccc(CN(c3ccccc3)S(C)(=O)=O)cc2)c1. The molecule has 31 heavy (non-hydrogen) atoms. The average molecular weight is 439 g/mol. The topological polar surface area (TPSA) is 75.7 Å². The number of hydrogen-bond acceptors (Lipinski definition) is 4. The molecule has 1 N–H and O–H groups in total. The zero-order valence-corrected chi connectivity index (χ0v) is 18.4. The molecule has 0 heterocycles. The molecule has 0 unspecified atom stereocenters. The van der Waals surface area contributed by atoms with E-state index in [9.17, 15) is 13.2 Å². The molecular formula is C24H26N2O4S. The van der Waals surface area contributed by atoms with Gasteiger partial charge in [-0.2, -0.15) is 0 Å². The molecule has 3 aromatic carbocycles. The van der Waals surface area contributed by atoms with E-state index in [0.29, 0.717) is 24.4 Å². The van der Waals surface area contributed by atoms with Crippen LogP contribution in [0, 0.1) is 6.92 Å². The molecule has 0 atom stereocenters. The maximum absolute atomic E-state index is 12.4. The minimum atomic E-state index is -3.44. The van der Waals surface area contributed by atoms with E-state index in [2.05, 4.69) is 5.32 Å². The zero-order chi connectivity index (χ0) is 22.3. The van der Waals surface area contributed by atoms with E-state index in [1.54, 1.807) is 48.5 Å². The van der Waals surface area contributed by atoms with Gasteiger partial charge in [-0.25, -0.2) is 8.42 Å². The van der Waals surface area contributed by atoms with E-state index >= 15 is 0 Å². The Kier molecular flexibility index (Phi) is 7.31. The van der Waals surface area contributed by atoms with Gasteiger partial charge < -0.3 is 10.1 Å². The number of aryl methyl sites for hydroxylation is 1. The van der Waals surface area contributed by atoms with Crippen LogP contribution in [0.25, 0.3) is 0 Å². The number of carbonyl (C=O) groups is 1. The number of carbonyl (C=O) groups excluding carboxylic acids is 1. The quantitative estimate of drug-likeness (QED) is 0.516. The summed E-state index contributed by atoms with van der Waals surface area (Å²) in [7, 11) is -3.44. The van der Waals surface area contributed by atoms with E-state index in [1.165, 1.54) is 10.6 Å². The van der Waals surface area contributed by atoms with Crippen LogP contribution < -0.4 is 14.4 Å². The van der Waals surface area contributed by atoms with Crippen LogP contribution in [0.4, 0.5) is 5.69 Å². The Hall–Kier alpha value is -3.32. The van der Waals surface area contributed by atoms with Gasteiger partial charge >= 0.3 is 0 Å². The summed E-state index contributed by atoms with van der Waals surface area (Å²) >= 11 is 0. The van der Waals surface area contributed by atoms with Gasteiger partial charge in [0.05, 0.1) is 25.0 Å². The molecule has 1 amide bonds. The number of anilines is 1. The molecule has 0 fully saturated rings. The number of ether oxygens (including phenoxy) is 1. The Bertz CT molecular complexity index is 1110. The maximum Gasteiger partial charge on any atom is 0.251 e. The van der Waals surface area contributed by atoms with Crippen molar-refractivity contribution in [3.8, 4) is 5.75 Å². The number of hydrogen-bond donors (Lipinski definition) is 1. The monoisotopic (exact) mass is 438 g/mol. The number of benzene rings is 3. The Morgan fingerprint density at radius 2 is 1.68 bits per heavy atom. The van der Waals surface area contributed by atoms with Crippen LogP contribution in [0.2, 0.25) is 0 Å². The normalized spacial score (nSPS) is 11.0. The predicted octanol–water partition coefficient (Wildman–Crippen LogP) is 3.77. The molecule has 7 heteroatoms. The highest BCUT2D eigenvalue weighted by Crippen LogP contribution is 2.20. The molecule has 3 rings (SSSR count). The minimum Gasteiger partial charge on any atom is -0.492 e. The molecule has 0 radical (unpaired) electrons. The molecule has 6 nitrogen and oxygen atoms in total. The van der Waals surface area contributed by atoms with Crippen LogP contribution in [0.3, 0.4) is 0 Å². The molecule has 0 aliphatic heterocycles. The number of rotatable bonds is 9. The van der Waals surface area contributed by atoms with Gasteiger partial charge in [-0.3, -0.25) is 9.10 Å². The fraction of sp³-hybridized carbons (Fsp3) is 0.208. The van der Waals surface area contributed by atoms with Crippen LogP contribution in [0.5, 0.6) is 5.75 Å². The van der Waals surface area contributed by atoms with Crippen molar-refractivity contribution in [2.75, 3.05) is 23.7 Å². The first-order valence-electron chi connectivity index (χ1n) is 9.92. The summed E-state index contributed by atoms with van der Waals surface area (Å²) in [4.78, 5) is 12.4. The molecule has 162 valence electrons. The van der Waals surface area contributed by atoms with Crippen molar-refractivity contribution in [2.45, 2.75) is 13.5 Å². The molecule has 0 saturated carbocycles. The van der Waals surface area contributed by atoms with E-state index in [1.807, 2.05) is 37.3 Å². The second-order valence-corrected chi connectivity index (χ2v) is 9.13. The van der Waals surface area contributed by atoms with Gasteiger partial charge in [-0.1, -0.05) is 42.5 Å². The number of nitrogens with one attached hydrogen (secondary N) is 1. The summed E-state index contributed by atoms with van der Waals surface area (Å²) in [5.74, 6) is 0.565. The summed E-state index contributed by atoms with van der Waals surface area (Å²) in [6.45, 7) is 2.93. The smallest absolute Gasteiger partial charge is 0.251 e. The third-order valence-electron chi connectivity index (χ3n) is 4.63. The van der Waals surface area contributed by atoms with E-state index in [0.717, 1.165) is 16.9 Å². The summed E-state index contributed by atoms with van der Waals surface area (Å²) in [6, 6.07) is 23.6. The molecule has 0 bridgehead atoms. The summed E-state index contributed by atoms with van der Waals surface area (Å²) in [5.41, 5.74) is 3.00. The van der Waals surface area contributed by atoms with Crippen molar-refractivity contribution in [1.82, 2.24) is 5.32 Å². The maximum atomic E-state index is 12.4. The number of para-hydroxylation sites is 1. The largest absolute Gasteiger partial charge is 0.492 e. The summed E-state index contributed by atoms with van der Waals surface area (Å²) in [5, 5.41) is 2.82. The third kappa shape index (κ3) is 6.58. The molecule has 0 spiro atoms. The zero-order valence-electron chi connectivity index (χ0n) is 17.6. The Morgan fingerprint density at radius 1 is 0.968 bits per heavy atom. The van der Waals surface area contributed by atoms with E-state index < -0.39 is 10.0 Å². The van der Waals surface area contributed by atoms with Gasteiger partial charge in [0.15, 0.2) is 0 Å². The average Bonchev–Trinajstić information content (AvgIpc) is 2.75. The fourth-order valence-corrected chi connectivity index (χ4v) is 3.95. The first kappa shape index (κ1) is 22.4. The molecule has 0 aliphatic carbocycles. The van der Waals surface area contributed by atoms with Crippen molar-refractivity contribution in [1.29, 1.82) is 0 Å². The molecule has 0 aliphatic rings. The lowest BCUT2D eigenvalue weighted by atomic mass is 10.1. The highest BCUT2D eigenvalue weighted by molar-refractivity contribution is 7.92. The van der Waals surface area contributed by atoms with Crippen LogP contribution >= 0.6 is 0 Å². The number of sulfonamides is 1. The van der Waals surface area contributed by atoms with Crippen molar-refractivity contribution in [3.63, 3.8) is 0 Å². The highest BCUT2D eigenvalue weighted by Gasteiger charge is 2.17. The van der Waals surface area contributed by atoms with Crippen LogP contribution in [0.15, 0.2) is 78.9 Å². The van der Waals surface area contributed by atoms with Crippen LogP contribution in [-0.2, 0) is 16.6 Å². The Labute approximate surface area is 183 Å². The molecule has 3 aromatic rings. The van der Waals surface area contributed by atoms with Crippen molar-refractivity contribution < 1.29 is 17.9 Å². The van der Waals surface area contributed by atoms with Gasteiger partial charge in [0.25, 0.3) is 5.91 Å².